The van der Waals surface area contributed by atoms with Crippen molar-refractivity contribution >= 4 is 17.3 Å². The summed E-state index contributed by atoms with van der Waals surface area (Å²) in [6.45, 7) is -2.48. The van der Waals surface area contributed by atoms with Gasteiger partial charge in [0.2, 0.25) is 0 Å². The molecule has 0 atom stereocenters. The Kier molecular flexibility index (Phi) is 4.20. The molecule has 4 nitrogen and oxygen atoms in total. The van der Waals surface area contributed by atoms with Crippen LogP contribution in [-0.4, -0.2) is 16.6 Å². The molecular weight excluding hydrogens is 286 g/mol. The molecule has 1 aromatic heterocycles. The van der Waals surface area contributed by atoms with Crippen molar-refractivity contribution in [2.45, 2.75) is 13.1 Å². The van der Waals surface area contributed by atoms with Crippen LogP contribution in [-0.2, 0) is 6.54 Å². The molecule has 0 saturated heterocycles. The molecule has 104 valence electrons. The average molecular weight is 297 g/mol. The molecule has 0 fully saturated rings. The van der Waals surface area contributed by atoms with E-state index in [4.69, 9.17) is 16.9 Å². The SMILES string of the molecule is CN(Cc1nccn1C(F)F)c1ccc(Cl)cc1C#N. The first-order valence-corrected chi connectivity index (χ1v) is 6.11. The molecule has 1 heterocycles. The van der Waals surface area contributed by atoms with Gasteiger partial charge in [-0.1, -0.05) is 11.6 Å². The number of hydrogen-bond acceptors (Lipinski definition) is 3. The number of halogens is 3. The molecule has 2 rings (SSSR count). The van der Waals surface area contributed by atoms with Crippen molar-refractivity contribution in [1.29, 1.82) is 5.26 Å². The fourth-order valence-corrected chi connectivity index (χ4v) is 2.04. The maximum absolute atomic E-state index is 12.7. The van der Waals surface area contributed by atoms with Crippen LogP contribution >= 0.6 is 11.6 Å². The summed E-state index contributed by atoms with van der Waals surface area (Å²) in [6.07, 6.45) is 2.54. The zero-order valence-electron chi connectivity index (χ0n) is 10.6. The average Bonchev–Trinajstić information content (AvgIpc) is 2.86. The number of anilines is 1. The lowest BCUT2D eigenvalue weighted by Gasteiger charge is -2.20. The molecule has 0 aliphatic carbocycles. The van der Waals surface area contributed by atoms with Gasteiger partial charge in [0.15, 0.2) is 0 Å². The molecule has 0 aliphatic heterocycles. The van der Waals surface area contributed by atoms with Crippen LogP contribution in [0.5, 0.6) is 0 Å². The Bertz CT molecular complexity index is 648. The Labute approximate surface area is 119 Å². The van der Waals surface area contributed by atoms with E-state index in [-0.39, 0.29) is 12.4 Å². The van der Waals surface area contributed by atoms with Gasteiger partial charge in [0.25, 0.3) is 0 Å². The zero-order chi connectivity index (χ0) is 14.7. The number of alkyl halides is 2. The molecule has 0 radical (unpaired) electrons. The topological polar surface area (TPSA) is 44.9 Å². The van der Waals surface area contributed by atoms with Crippen LogP contribution in [0.3, 0.4) is 0 Å². The van der Waals surface area contributed by atoms with Crippen LogP contribution in [0.1, 0.15) is 17.9 Å². The van der Waals surface area contributed by atoms with Gasteiger partial charge in [-0.25, -0.2) is 4.98 Å². The molecule has 0 aliphatic rings. The summed E-state index contributed by atoms with van der Waals surface area (Å²) in [5, 5.41) is 9.54. The van der Waals surface area contributed by atoms with Crippen LogP contribution < -0.4 is 4.90 Å². The minimum absolute atomic E-state index is 0.160. The number of rotatable bonds is 4. The van der Waals surface area contributed by atoms with E-state index in [9.17, 15) is 8.78 Å². The first-order valence-electron chi connectivity index (χ1n) is 5.73. The van der Waals surface area contributed by atoms with Crippen molar-refractivity contribution in [2.75, 3.05) is 11.9 Å². The number of hydrogen-bond donors (Lipinski definition) is 0. The van der Waals surface area contributed by atoms with Gasteiger partial charge in [-0.05, 0) is 18.2 Å². The molecule has 0 bridgehead atoms. The predicted molar refractivity (Wildman–Crippen MR) is 71.8 cm³/mol. The van der Waals surface area contributed by atoms with Gasteiger partial charge in [-0.2, -0.15) is 14.0 Å². The van der Waals surface area contributed by atoms with Gasteiger partial charge < -0.3 is 4.90 Å². The molecule has 0 saturated carbocycles. The highest BCUT2D eigenvalue weighted by molar-refractivity contribution is 6.30. The van der Waals surface area contributed by atoms with E-state index in [0.29, 0.717) is 16.3 Å². The zero-order valence-corrected chi connectivity index (χ0v) is 11.3. The van der Waals surface area contributed by atoms with Crippen molar-refractivity contribution < 1.29 is 8.78 Å². The molecule has 1 aromatic carbocycles. The summed E-state index contributed by atoms with van der Waals surface area (Å²) in [5.74, 6) is 0.223. The van der Waals surface area contributed by atoms with Crippen LogP contribution in [0.15, 0.2) is 30.6 Å². The number of nitriles is 1. The first-order chi connectivity index (χ1) is 9.52. The molecule has 0 N–H and O–H groups in total. The summed E-state index contributed by atoms with van der Waals surface area (Å²) in [4.78, 5) is 5.58. The Morgan fingerprint density at radius 1 is 1.50 bits per heavy atom. The van der Waals surface area contributed by atoms with Gasteiger partial charge in [0.1, 0.15) is 11.9 Å². The smallest absolute Gasteiger partial charge is 0.319 e. The van der Waals surface area contributed by atoms with Gasteiger partial charge >= 0.3 is 6.55 Å². The maximum Gasteiger partial charge on any atom is 0.319 e. The Morgan fingerprint density at radius 3 is 2.90 bits per heavy atom. The predicted octanol–water partition coefficient (Wildman–Crippen LogP) is 3.44. The van der Waals surface area contributed by atoms with Crippen molar-refractivity contribution in [3.05, 3.63) is 47.0 Å². The molecule has 0 unspecified atom stereocenters. The third-order valence-electron chi connectivity index (χ3n) is 2.83. The fourth-order valence-electron chi connectivity index (χ4n) is 1.87. The van der Waals surface area contributed by atoms with E-state index in [1.807, 2.05) is 6.07 Å². The Balaban J connectivity index is 2.27. The van der Waals surface area contributed by atoms with Crippen LogP contribution in [0.4, 0.5) is 14.5 Å². The highest BCUT2D eigenvalue weighted by Crippen LogP contribution is 2.24. The normalized spacial score (nSPS) is 10.6. The van der Waals surface area contributed by atoms with Crippen molar-refractivity contribution in [2.24, 2.45) is 0 Å². The Morgan fingerprint density at radius 2 is 2.25 bits per heavy atom. The second-order valence-corrected chi connectivity index (χ2v) is 4.59. The van der Waals surface area contributed by atoms with E-state index in [1.165, 1.54) is 18.5 Å². The highest BCUT2D eigenvalue weighted by atomic mass is 35.5. The van der Waals surface area contributed by atoms with E-state index >= 15 is 0 Å². The molecule has 0 amide bonds. The second-order valence-electron chi connectivity index (χ2n) is 4.16. The van der Waals surface area contributed by atoms with Crippen LogP contribution in [0.25, 0.3) is 0 Å². The van der Waals surface area contributed by atoms with Crippen molar-refractivity contribution in [3.8, 4) is 6.07 Å². The molecule has 7 heteroatoms. The maximum atomic E-state index is 12.7. The monoisotopic (exact) mass is 296 g/mol. The number of benzene rings is 1. The van der Waals surface area contributed by atoms with Gasteiger partial charge in [-0.15, -0.1) is 0 Å². The first kappa shape index (κ1) is 14.3. The quantitative estimate of drug-likeness (QED) is 0.868. The summed E-state index contributed by atoms with van der Waals surface area (Å²) in [7, 11) is 1.70. The van der Waals surface area contributed by atoms with Gasteiger partial charge in [-0.3, -0.25) is 4.57 Å². The largest absolute Gasteiger partial charge is 0.366 e. The summed E-state index contributed by atoms with van der Waals surface area (Å²) in [5.41, 5.74) is 0.996. The summed E-state index contributed by atoms with van der Waals surface area (Å²) < 4.78 is 26.3. The number of nitrogens with zero attached hydrogens (tertiary/aromatic N) is 4. The standard InChI is InChI=1S/C13H11ClF2N4/c1-19(8-12-18-4-5-20(12)13(15)16)11-3-2-10(14)6-9(11)7-17/h2-6,13H,8H2,1H3. The lowest BCUT2D eigenvalue weighted by atomic mass is 10.2. The van der Waals surface area contributed by atoms with Gasteiger partial charge in [0, 0.05) is 24.5 Å². The van der Waals surface area contributed by atoms with E-state index in [0.717, 1.165) is 4.57 Å². The lowest BCUT2D eigenvalue weighted by molar-refractivity contribution is 0.0670. The number of aromatic nitrogens is 2. The fraction of sp³-hybridized carbons (Fsp3) is 0.231. The Hall–Kier alpha value is -2.13. The highest BCUT2D eigenvalue weighted by Gasteiger charge is 2.15. The van der Waals surface area contributed by atoms with E-state index < -0.39 is 6.55 Å². The minimum Gasteiger partial charge on any atom is -0.366 e. The second kappa shape index (κ2) is 5.88. The number of imidazole rings is 1. The van der Waals surface area contributed by atoms with Crippen molar-refractivity contribution in [1.82, 2.24) is 9.55 Å². The third kappa shape index (κ3) is 2.89. The molecular formula is C13H11ClF2N4. The third-order valence-corrected chi connectivity index (χ3v) is 3.06. The molecule has 2 aromatic rings. The van der Waals surface area contributed by atoms with Crippen LogP contribution in [0.2, 0.25) is 5.02 Å². The minimum atomic E-state index is -2.64. The van der Waals surface area contributed by atoms with Crippen molar-refractivity contribution in [3.63, 3.8) is 0 Å². The lowest BCUT2D eigenvalue weighted by Crippen LogP contribution is -2.20. The molecule has 0 spiro atoms. The van der Waals surface area contributed by atoms with E-state index in [1.54, 1.807) is 24.1 Å². The van der Waals surface area contributed by atoms with Crippen LogP contribution in [0, 0.1) is 11.3 Å². The van der Waals surface area contributed by atoms with Gasteiger partial charge in [0.05, 0.1) is 17.8 Å². The summed E-state index contributed by atoms with van der Waals surface area (Å²) >= 11 is 5.82. The summed E-state index contributed by atoms with van der Waals surface area (Å²) in [6, 6.07) is 6.89. The molecule has 20 heavy (non-hydrogen) atoms. The van der Waals surface area contributed by atoms with E-state index in [2.05, 4.69) is 4.98 Å².